The molecule has 22 heavy (non-hydrogen) atoms. The number of rotatable bonds is 6. The molecule has 0 amide bonds. The van der Waals surface area contributed by atoms with E-state index in [0.29, 0.717) is 0 Å². The zero-order valence-electron chi connectivity index (χ0n) is 11.9. The SMILES string of the molecule is O=C(C/C(=C/c1ccccc1)C(=O)O)OCc1ccccc1. The van der Waals surface area contributed by atoms with Crippen LogP contribution in [-0.2, 0) is 20.9 Å². The molecule has 0 saturated carbocycles. The minimum Gasteiger partial charge on any atom is -0.478 e. The van der Waals surface area contributed by atoms with Gasteiger partial charge in [-0.2, -0.15) is 0 Å². The third kappa shape index (κ3) is 4.90. The van der Waals surface area contributed by atoms with Crippen molar-refractivity contribution < 1.29 is 19.4 Å². The number of carboxylic acids is 1. The Morgan fingerprint density at radius 1 is 0.955 bits per heavy atom. The van der Waals surface area contributed by atoms with Crippen molar-refractivity contribution in [3.05, 3.63) is 77.4 Å². The number of esters is 1. The van der Waals surface area contributed by atoms with Gasteiger partial charge in [0.25, 0.3) is 0 Å². The second kappa shape index (κ2) is 7.78. The molecule has 0 aliphatic rings. The van der Waals surface area contributed by atoms with E-state index >= 15 is 0 Å². The fraction of sp³-hybridized carbons (Fsp3) is 0.111. The van der Waals surface area contributed by atoms with Crippen molar-refractivity contribution in [3.63, 3.8) is 0 Å². The van der Waals surface area contributed by atoms with E-state index in [1.165, 1.54) is 6.08 Å². The van der Waals surface area contributed by atoms with Crippen LogP contribution in [0, 0.1) is 0 Å². The van der Waals surface area contributed by atoms with Crippen LogP contribution in [-0.4, -0.2) is 17.0 Å². The molecule has 2 aromatic rings. The Balaban J connectivity index is 1.98. The Bertz CT molecular complexity index is 660. The van der Waals surface area contributed by atoms with Gasteiger partial charge in [-0.05, 0) is 17.2 Å². The maximum absolute atomic E-state index is 11.8. The molecule has 0 saturated heterocycles. The molecule has 0 aromatic heterocycles. The van der Waals surface area contributed by atoms with Crippen molar-refractivity contribution in [2.75, 3.05) is 0 Å². The summed E-state index contributed by atoms with van der Waals surface area (Å²) in [6, 6.07) is 18.2. The average molecular weight is 296 g/mol. The molecular formula is C18H16O4. The number of carbonyl (C=O) groups excluding carboxylic acids is 1. The van der Waals surface area contributed by atoms with Crippen molar-refractivity contribution in [1.29, 1.82) is 0 Å². The quantitative estimate of drug-likeness (QED) is 0.656. The zero-order valence-corrected chi connectivity index (χ0v) is 11.9. The van der Waals surface area contributed by atoms with Gasteiger partial charge in [-0.3, -0.25) is 4.79 Å². The molecule has 2 aromatic carbocycles. The molecule has 0 radical (unpaired) electrons. The van der Waals surface area contributed by atoms with Gasteiger partial charge in [0.15, 0.2) is 0 Å². The van der Waals surface area contributed by atoms with Gasteiger partial charge in [-0.15, -0.1) is 0 Å². The van der Waals surface area contributed by atoms with Crippen molar-refractivity contribution in [3.8, 4) is 0 Å². The third-order valence-electron chi connectivity index (χ3n) is 2.99. The lowest BCUT2D eigenvalue weighted by atomic mass is 10.1. The summed E-state index contributed by atoms with van der Waals surface area (Å²) in [5.41, 5.74) is 1.60. The Hall–Kier alpha value is -2.88. The van der Waals surface area contributed by atoms with Gasteiger partial charge in [-0.25, -0.2) is 4.79 Å². The summed E-state index contributed by atoms with van der Waals surface area (Å²) < 4.78 is 5.10. The Morgan fingerprint density at radius 2 is 1.55 bits per heavy atom. The van der Waals surface area contributed by atoms with Crippen molar-refractivity contribution in [1.82, 2.24) is 0 Å². The van der Waals surface area contributed by atoms with Gasteiger partial charge in [-0.1, -0.05) is 60.7 Å². The van der Waals surface area contributed by atoms with E-state index in [4.69, 9.17) is 4.74 Å². The molecule has 0 aliphatic carbocycles. The number of carboxylic acid groups (broad SMARTS) is 1. The molecule has 1 N–H and O–H groups in total. The van der Waals surface area contributed by atoms with Crippen LogP contribution in [0.2, 0.25) is 0 Å². The van der Waals surface area contributed by atoms with Crippen LogP contribution in [0.5, 0.6) is 0 Å². The zero-order chi connectivity index (χ0) is 15.8. The molecule has 0 heterocycles. The molecule has 0 fully saturated rings. The Labute approximate surface area is 128 Å². The fourth-order valence-electron chi connectivity index (χ4n) is 1.88. The molecule has 4 heteroatoms. The number of hydrogen-bond acceptors (Lipinski definition) is 3. The molecule has 0 bridgehead atoms. The largest absolute Gasteiger partial charge is 0.478 e. The van der Waals surface area contributed by atoms with Gasteiger partial charge in [0.1, 0.15) is 6.61 Å². The summed E-state index contributed by atoms with van der Waals surface area (Å²) in [7, 11) is 0. The number of hydrogen-bond donors (Lipinski definition) is 1. The molecule has 0 atom stereocenters. The van der Waals surface area contributed by atoms with Crippen LogP contribution < -0.4 is 0 Å². The highest BCUT2D eigenvalue weighted by atomic mass is 16.5. The van der Waals surface area contributed by atoms with Crippen LogP contribution in [0.25, 0.3) is 6.08 Å². The smallest absolute Gasteiger partial charge is 0.332 e. The summed E-state index contributed by atoms with van der Waals surface area (Å²) >= 11 is 0. The first-order valence-electron chi connectivity index (χ1n) is 6.83. The predicted octanol–water partition coefficient (Wildman–Crippen LogP) is 3.29. The first-order chi connectivity index (χ1) is 10.6. The average Bonchev–Trinajstić information content (AvgIpc) is 2.54. The van der Waals surface area contributed by atoms with Crippen molar-refractivity contribution in [2.45, 2.75) is 13.0 Å². The number of aliphatic carboxylic acids is 1. The minimum absolute atomic E-state index is 0.00395. The van der Waals surface area contributed by atoms with Crippen LogP contribution in [0.1, 0.15) is 17.5 Å². The van der Waals surface area contributed by atoms with Gasteiger partial charge in [0.05, 0.1) is 6.42 Å². The number of carbonyl (C=O) groups is 2. The third-order valence-corrected chi connectivity index (χ3v) is 2.99. The van der Waals surface area contributed by atoms with Gasteiger partial charge in [0.2, 0.25) is 0 Å². The van der Waals surface area contributed by atoms with E-state index < -0.39 is 11.9 Å². The number of ether oxygens (including phenoxy) is 1. The monoisotopic (exact) mass is 296 g/mol. The predicted molar refractivity (Wildman–Crippen MR) is 82.9 cm³/mol. The first kappa shape index (κ1) is 15.5. The first-order valence-corrected chi connectivity index (χ1v) is 6.83. The van der Waals surface area contributed by atoms with Crippen LogP contribution >= 0.6 is 0 Å². The van der Waals surface area contributed by atoms with Crippen molar-refractivity contribution in [2.24, 2.45) is 0 Å². The molecule has 0 aliphatic heterocycles. The Kier molecular flexibility index (Phi) is 5.49. The fourth-order valence-corrected chi connectivity index (χ4v) is 1.88. The lowest BCUT2D eigenvalue weighted by molar-refractivity contribution is -0.145. The molecule has 2 rings (SSSR count). The highest BCUT2D eigenvalue weighted by Crippen LogP contribution is 2.12. The molecule has 0 spiro atoms. The lowest BCUT2D eigenvalue weighted by Gasteiger charge is -2.06. The summed E-state index contributed by atoms with van der Waals surface area (Å²) in [5.74, 6) is -1.69. The van der Waals surface area contributed by atoms with E-state index in [-0.39, 0.29) is 18.6 Å². The normalized spacial score (nSPS) is 11.0. The summed E-state index contributed by atoms with van der Waals surface area (Å²) in [4.78, 5) is 23.0. The van der Waals surface area contributed by atoms with Gasteiger partial charge >= 0.3 is 11.9 Å². The van der Waals surface area contributed by atoms with E-state index in [1.807, 2.05) is 36.4 Å². The summed E-state index contributed by atoms with van der Waals surface area (Å²) in [6.07, 6.45) is 1.21. The van der Waals surface area contributed by atoms with E-state index in [1.54, 1.807) is 24.3 Å². The Morgan fingerprint density at radius 3 is 2.14 bits per heavy atom. The summed E-state index contributed by atoms with van der Waals surface area (Å²) in [6.45, 7) is 0.137. The molecule has 4 nitrogen and oxygen atoms in total. The van der Waals surface area contributed by atoms with Crippen molar-refractivity contribution >= 4 is 18.0 Å². The molecular weight excluding hydrogens is 280 g/mol. The molecule has 0 unspecified atom stereocenters. The van der Waals surface area contributed by atoms with Crippen LogP contribution in [0.15, 0.2) is 66.2 Å². The van der Waals surface area contributed by atoms with Crippen LogP contribution in [0.3, 0.4) is 0 Å². The second-order valence-corrected chi connectivity index (χ2v) is 4.71. The topological polar surface area (TPSA) is 63.6 Å². The van der Waals surface area contributed by atoms with E-state index in [9.17, 15) is 14.7 Å². The molecule has 112 valence electrons. The maximum atomic E-state index is 11.8. The standard InChI is InChI=1S/C18H16O4/c19-17(22-13-15-9-5-2-6-10-15)12-16(18(20)21)11-14-7-3-1-4-8-14/h1-11H,12-13H2,(H,20,21)/b16-11-. The van der Waals surface area contributed by atoms with E-state index in [0.717, 1.165) is 11.1 Å². The number of benzene rings is 2. The highest BCUT2D eigenvalue weighted by molar-refractivity contribution is 5.97. The second-order valence-electron chi connectivity index (χ2n) is 4.71. The lowest BCUT2D eigenvalue weighted by Crippen LogP contribution is -2.10. The van der Waals surface area contributed by atoms with E-state index in [2.05, 4.69) is 0 Å². The highest BCUT2D eigenvalue weighted by Gasteiger charge is 2.14. The van der Waals surface area contributed by atoms with Gasteiger partial charge < -0.3 is 9.84 Å². The van der Waals surface area contributed by atoms with Crippen LogP contribution in [0.4, 0.5) is 0 Å². The van der Waals surface area contributed by atoms with Gasteiger partial charge in [0, 0.05) is 5.57 Å². The minimum atomic E-state index is -1.12. The summed E-state index contributed by atoms with van der Waals surface area (Å²) in [5, 5.41) is 9.19. The maximum Gasteiger partial charge on any atom is 0.332 e.